The molecule has 28 heavy (non-hydrogen) atoms. The fraction of sp³-hybridized carbons (Fsp3) is 0.211. The van der Waals surface area contributed by atoms with Crippen molar-refractivity contribution in [2.45, 2.75) is 18.7 Å². The van der Waals surface area contributed by atoms with E-state index in [0.29, 0.717) is 24.6 Å². The average Bonchev–Trinajstić information content (AvgIpc) is 3.13. The van der Waals surface area contributed by atoms with Gasteiger partial charge in [0.05, 0.1) is 21.6 Å². The third-order valence-electron chi connectivity index (χ3n) is 4.19. The van der Waals surface area contributed by atoms with Gasteiger partial charge in [0, 0.05) is 13.1 Å². The van der Waals surface area contributed by atoms with Crippen LogP contribution in [0.4, 0.5) is 5.69 Å². The predicted molar refractivity (Wildman–Crippen MR) is 108 cm³/mol. The molecule has 8 nitrogen and oxygen atoms in total. The molecule has 0 saturated heterocycles. The molecule has 9 heteroatoms. The quantitative estimate of drug-likeness (QED) is 0.471. The predicted octanol–water partition coefficient (Wildman–Crippen LogP) is 2.93. The second-order valence-corrected chi connectivity index (χ2v) is 7.84. The summed E-state index contributed by atoms with van der Waals surface area (Å²) in [6.07, 6.45) is 0. The maximum absolute atomic E-state index is 12.7. The molecule has 1 heterocycles. The van der Waals surface area contributed by atoms with Gasteiger partial charge in [-0.2, -0.15) is 14.7 Å². The molecule has 0 saturated carbocycles. The summed E-state index contributed by atoms with van der Waals surface area (Å²) in [4.78, 5) is 7.55. The number of hydrogen-bond donors (Lipinski definition) is 2. The zero-order valence-corrected chi connectivity index (χ0v) is 16.4. The molecule has 0 bridgehead atoms. The van der Waals surface area contributed by atoms with Gasteiger partial charge in [-0.1, -0.05) is 32.0 Å². The van der Waals surface area contributed by atoms with E-state index < -0.39 is 10.0 Å². The third kappa shape index (κ3) is 3.88. The van der Waals surface area contributed by atoms with Gasteiger partial charge in [0.15, 0.2) is 5.82 Å². The van der Waals surface area contributed by atoms with Crippen molar-refractivity contribution >= 4 is 32.5 Å². The number of fused-ring (bicyclic) bond motifs is 1. The van der Waals surface area contributed by atoms with Crippen molar-refractivity contribution < 1.29 is 8.42 Å². The van der Waals surface area contributed by atoms with Gasteiger partial charge >= 0.3 is 0 Å². The number of para-hydroxylation sites is 2. The molecule has 3 aromatic rings. The molecule has 0 atom stereocenters. The highest BCUT2D eigenvalue weighted by molar-refractivity contribution is 7.89. The maximum atomic E-state index is 12.7. The number of nitriles is 1. The van der Waals surface area contributed by atoms with E-state index >= 15 is 0 Å². The van der Waals surface area contributed by atoms with Crippen LogP contribution >= 0.6 is 0 Å². The highest BCUT2D eigenvalue weighted by atomic mass is 32.2. The number of imidazole rings is 1. The molecule has 0 radical (unpaired) electrons. The molecule has 3 rings (SSSR count). The first-order chi connectivity index (χ1) is 13.5. The number of anilines is 1. The first-order valence-corrected chi connectivity index (χ1v) is 10.2. The smallest absolute Gasteiger partial charge is 0.243 e. The van der Waals surface area contributed by atoms with Crippen LogP contribution in [0.15, 0.2) is 58.5 Å². The number of hydrazone groups is 1. The Kier molecular flexibility index (Phi) is 5.73. The summed E-state index contributed by atoms with van der Waals surface area (Å²) in [5.74, 6) is 0.336. The van der Waals surface area contributed by atoms with E-state index in [0.717, 1.165) is 11.0 Å². The molecule has 0 amide bonds. The largest absolute Gasteiger partial charge is 0.336 e. The Labute approximate surface area is 163 Å². The van der Waals surface area contributed by atoms with Gasteiger partial charge < -0.3 is 4.98 Å². The van der Waals surface area contributed by atoms with Crippen molar-refractivity contribution in [3.63, 3.8) is 0 Å². The highest BCUT2D eigenvalue weighted by Gasteiger charge is 2.21. The van der Waals surface area contributed by atoms with Crippen LogP contribution in [-0.2, 0) is 10.0 Å². The van der Waals surface area contributed by atoms with Crippen LogP contribution in [0.25, 0.3) is 11.0 Å². The first kappa shape index (κ1) is 19.5. The summed E-state index contributed by atoms with van der Waals surface area (Å²) in [6.45, 7) is 4.36. The lowest BCUT2D eigenvalue weighted by Crippen LogP contribution is -2.30. The van der Waals surface area contributed by atoms with Crippen molar-refractivity contribution in [2.75, 3.05) is 18.5 Å². The van der Waals surface area contributed by atoms with Crippen molar-refractivity contribution in [1.29, 1.82) is 5.26 Å². The molecule has 1 aromatic heterocycles. The number of sulfonamides is 1. The molecular weight excluding hydrogens is 376 g/mol. The Morgan fingerprint density at radius 3 is 2.64 bits per heavy atom. The Balaban J connectivity index is 1.88. The molecule has 0 aliphatic heterocycles. The summed E-state index contributed by atoms with van der Waals surface area (Å²) >= 11 is 0. The average molecular weight is 396 g/mol. The van der Waals surface area contributed by atoms with Gasteiger partial charge in [0.2, 0.25) is 15.7 Å². The van der Waals surface area contributed by atoms with Gasteiger partial charge in [-0.3, -0.25) is 5.43 Å². The summed E-state index contributed by atoms with van der Waals surface area (Å²) in [5.41, 5.74) is 4.80. The Morgan fingerprint density at radius 1 is 1.21 bits per heavy atom. The van der Waals surface area contributed by atoms with Crippen molar-refractivity contribution in [3.8, 4) is 6.07 Å². The molecule has 0 fully saturated rings. The molecule has 2 aromatic carbocycles. The second-order valence-electron chi connectivity index (χ2n) is 5.90. The number of benzene rings is 2. The van der Waals surface area contributed by atoms with Crippen LogP contribution in [0.1, 0.15) is 19.7 Å². The zero-order valence-electron chi connectivity index (χ0n) is 15.5. The number of H-pyrrole nitrogens is 1. The third-order valence-corrected chi connectivity index (χ3v) is 6.24. The normalized spacial score (nSPS) is 12.3. The molecule has 2 N–H and O–H groups in total. The fourth-order valence-electron chi connectivity index (χ4n) is 2.75. The van der Waals surface area contributed by atoms with E-state index in [1.165, 1.54) is 16.4 Å². The Morgan fingerprint density at radius 2 is 1.96 bits per heavy atom. The summed E-state index contributed by atoms with van der Waals surface area (Å²) < 4.78 is 26.7. The van der Waals surface area contributed by atoms with E-state index in [9.17, 15) is 13.7 Å². The van der Waals surface area contributed by atoms with Crippen LogP contribution < -0.4 is 5.43 Å². The van der Waals surface area contributed by atoms with Crippen LogP contribution in [0.3, 0.4) is 0 Å². The first-order valence-electron chi connectivity index (χ1n) is 8.78. The van der Waals surface area contributed by atoms with E-state index in [4.69, 9.17) is 0 Å². The lowest BCUT2D eigenvalue weighted by molar-refractivity contribution is 0.445. The molecule has 0 aliphatic carbocycles. The van der Waals surface area contributed by atoms with Gasteiger partial charge in [-0.05, 0) is 30.3 Å². The Bertz CT molecular complexity index is 1120. The fourth-order valence-corrected chi connectivity index (χ4v) is 4.26. The Hall–Kier alpha value is -3.22. The van der Waals surface area contributed by atoms with Gasteiger partial charge in [0.25, 0.3) is 0 Å². The van der Waals surface area contributed by atoms with Crippen LogP contribution in [0, 0.1) is 11.3 Å². The minimum absolute atomic E-state index is 0.0632. The molecule has 0 spiro atoms. The topological polar surface area (TPSA) is 114 Å². The summed E-state index contributed by atoms with van der Waals surface area (Å²) in [6, 6.07) is 15.7. The van der Waals surface area contributed by atoms with Gasteiger partial charge in [0.1, 0.15) is 6.07 Å². The monoisotopic (exact) mass is 396 g/mol. The minimum Gasteiger partial charge on any atom is -0.336 e. The SMILES string of the molecule is CCN(CC)S(=O)(=O)c1cccc(NN=C(C#N)c2nc3ccccc3[nH]2)c1. The van der Waals surface area contributed by atoms with E-state index in [-0.39, 0.29) is 10.6 Å². The lowest BCUT2D eigenvalue weighted by atomic mass is 10.3. The van der Waals surface area contributed by atoms with Crippen LogP contribution in [0.5, 0.6) is 0 Å². The van der Waals surface area contributed by atoms with Crippen LogP contribution in [0.2, 0.25) is 0 Å². The van der Waals surface area contributed by atoms with E-state index in [1.54, 1.807) is 26.0 Å². The number of hydrogen-bond acceptors (Lipinski definition) is 6. The second kappa shape index (κ2) is 8.21. The van der Waals surface area contributed by atoms with Gasteiger partial charge in [-0.15, -0.1) is 0 Å². The highest BCUT2D eigenvalue weighted by Crippen LogP contribution is 2.20. The van der Waals surface area contributed by atoms with Gasteiger partial charge in [-0.25, -0.2) is 13.4 Å². The number of aromatic amines is 1. The van der Waals surface area contributed by atoms with Crippen molar-refractivity contribution in [1.82, 2.24) is 14.3 Å². The van der Waals surface area contributed by atoms with Crippen molar-refractivity contribution in [3.05, 3.63) is 54.4 Å². The summed E-state index contributed by atoms with van der Waals surface area (Å²) in [7, 11) is -3.58. The number of nitrogens with zero attached hydrogens (tertiary/aromatic N) is 4. The standard InChI is InChI=1S/C19H20N6O2S/c1-3-25(4-2)28(26,27)15-9-7-8-14(12-15)23-24-18(13-20)19-21-16-10-5-6-11-17(16)22-19/h5-12,23H,3-4H2,1-2H3,(H,21,22). The molecule has 0 unspecified atom stereocenters. The minimum atomic E-state index is -3.58. The number of nitrogens with one attached hydrogen (secondary N) is 2. The zero-order chi connectivity index (χ0) is 20.1. The lowest BCUT2D eigenvalue weighted by Gasteiger charge is -2.18. The van der Waals surface area contributed by atoms with E-state index in [1.807, 2.05) is 30.3 Å². The number of rotatable bonds is 7. The van der Waals surface area contributed by atoms with E-state index in [2.05, 4.69) is 20.5 Å². The summed E-state index contributed by atoms with van der Waals surface area (Å²) in [5, 5.41) is 13.5. The molecule has 144 valence electrons. The van der Waals surface area contributed by atoms with Crippen molar-refractivity contribution in [2.24, 2.45) is 5.10 Å². The molecule has 0 aliphatic rings. The number of aromatic nitrogens is 2. The molecular formula is C19H20N6O2S. The maximum Gasteiger partial charge on any atom is 0.243 e. The van der Waals surface area contributed by atoms with Crippen LogP contribution in [-0.4, -0.2) is 41.5 Å².